The van der Waals surface area contributed by atoms with Crippen LogP contribution in [0.15, 0.2) is 0 Å². The van der Waals surface area contributed by atoms with E-state index in [1.807, 2.05) is 4.90 Å². The number of Topliss-reactive ketones (excluding diaryl/α,β-unsaturated/α-hetero) is 1. The monoisotopic (exact) mass is 694 g/mol. The number of carbonyl (C=O) groups is 5. The average molecular weight is 695 g/mol. The molecule has 1 saturated carbocycles. The summed E-state index contributed by atoms with van der Waals surface area (Å²) in [5, 5.41) is 12.5. The standard InChI is InChI=1S/C35H63BN4O9/c1-4-14-40(19-18-39(28-34(44)45)17-16-38(20-21-41)15-11-29(3)5-2)31(35(46)30-7-6-8-30)9-10-33(43)37-13-23-48-25-27-49-26-24-47-22-12-32(36)42/h21,29-31H,4-20,22-28H2,1-3H3,(H,37,43)(H,44,45)/t29-,31?/m1/s1. The number of aldehydes is 1. The Morgan fingerprint density at radius 3 is 2.06 bits per heavy atom. The van der Waals surface area contributed by atoms with Gasteiger partial charge in [0.2, 0.25) is 5.91 Å². The fourth-order valence-electron chi connectivity index (χ4n) is 5.53. The molecule has 1 fully saturated rings. The molecular formula is C35H63BN4O9. The van der Waals surface area contributed by atoms with Crippen molar-refractivity contribution in [3.63, 3.8) is 0 Å². The Bertz CT molecular complexity index is 941. The van der Waals surface area contributed by atoms with Gasteiger partial charge in [-0.2, -0.15) is 0 Å². The summed E-state index contributed by atoms with van der Waals surface area (Å²) in [6.07, 6.45) is 7.34. The van der Waals surface area contributed by atoms with E-state index in [4.69, 9.17) is 22.1 Å². The summed E-state index contributed by atoms with van der Waals surface area (Å²) in [4.78, 5) is 66.2. The van der Waals surface area contributed by atoms with E-state index in [2.05, 4.69) is 35.9 Å². The lowest BCUT2D eigenvalue weighted by atomic mass is 9.78. The molecular weight excluding hydrogens is 631 g/mol. The number of amides is 1. The zero-order valence-electron chi connectivity index (χ0n) is 30.4. The molecule has 2 atom stereocenters. The lowest BCUT2D eigenvalue weighted by Crippen LogP contribution is -2.49. The molecule has 0 spiro atoms. The van der Waals surface area contributed by atoms with Crippen LogP contribution in [0.4, 0.5) is 0 Å². The van der Waals surface area contributed by atoms with E-state index in [-0.39, 0.29) is 43.6 Å². The maximum absolute atomic E-state index is 13.6. The van der Waals surface area contributed by atoms with Gasteiger partial charge >= 0.3 is 5.97 Å². The van der Waals surface area contributed by atoms with Gasteiger partial charge in [0.05, 0.1) is 64.5 Å². The van der Waals surface area contributed by atoms with Crippen molar-refractivity contribution in [3.8, 4) is 0 Å². The molecule has 49 heavy (non-hydrogen) atoms. The molecule has 0 heterocycles. The molecule has 0 aromatic carbocycles. The van der Waals surface area contributed by atoms with Crippen LogP contribution in [-0.2, 0) is 38.2 Å². The van der Waals surface area contributed by atoms with Crippen LogP contribution in [0.5, 0.6) is 0 Å². The maximum atomic E-state index is 13.6. The highest BCUT2D eigenvalue weighted by Gasteiger charge is 2.34. The Morgan fingerprint density at radius 2 is 1.49 bits per heavy atom. The van der Waals surface area contributed by atoms with Crippen LogP contribution >= 0.6 is 0 Å². The fraction of sp³-hybridized carbons (Fsp3) is 0.857. The summed E-state index contributed by atoms with van der Waals surface area (Å²) in [6, 6.07) is -0.405. The summed E-state index contributed by atoms with van der Waals surface area (Å²) in [5.41, 5.74) is -0.405. The first-order valence-corrected chi connectivity index (χ1v) is 18.3. The number of carbonyl (C=O) groups excluding carboxylic acids is 4. The second-order valence-corrected chi connectivity index (χ2v) is 13.0. The summed E-state index contributed by atoms with van der Waals surface area (Å²) >= 11 is 0. The van der Waals surface area contributed by atoms with Gasteiger partial charge in [-0.05, 0) is 51.1 Å². The Labute approximate surface area is 295 Å². The zero-order chi connectivity index (χ0) is 36.3. The predicted octanol–water partition coefficient (Wildman–Crippen LogP) is 1.79. The van der Waals surface area contributed by atoms with E-state index in [9.17, 15) is 29.1 Å². The number of ketones is 1. The van der Waals surface area contributed by atoms with E-state index >= 15 is 0 Å². The second-order valence-electron chi connectivity index (χ2n) is 13.0. The number of hydrogen-bond donors (Lipinski definition) is 2. The smallest absolute Gasteiger partial charge is 0.317 e. The second kappa shape index (κ2) is 28.5. The first-order valence-electron chi connectivity index (χ1n) is 18.3. The number of ether oxygens (including phenoxy) is 3. The van der Waals surface area contributed by atoms with Crippen LogP contribution in [0.2, 0.25) is 0 Å². The first-order chi connectivity index (χ1) is 23.6. The number of carboxylic acid groups (broad SMARTS) is 1. The lowest BCUT2D eigenvalue weighted by molar-refractivity contribution is -0.139. The molecule has 0 aliphatic heterocycles. The summed E-state index contributed by atoms with van der Waals surface area (Å²) in [6.45, 7) is 12.6. The molecule has 0 aromatic heterocycles. The lowest BCUT2D eigenvalue weighted by Gasteiger charge is -2.36. The van der Waals surface area contributed by atoms with Crippen LogP contribution < -0.4 is 5.32 Å². The van der Waals surface area contributed by atoms with Gasteiger partial charge in [-0.3, -0.25) is 29.1 Å². The highest BCUT2D eigenvalue weighted by atomic mass is 16.5. The van der Waals surface area contributed by atoms with Crippen molar-refractivity contribution < 1.29 is 43.3 Å². The molecule has 0 aromatic rings. The van der Waals surface area contributed by atoms with Gasteiger partial charge in [0, 0.05) is 51.5 Å². The highest BCUT2D eigenvalue weighted by Crippen LogP contribution is 2.30. The summed E-state index contributed by atoms with van der Waals surface area (Å²) in [7, 11) is 5.05. The van der Waals surface area contributed by atoms with Gasteiger partial charge in [-0.25, -0.2) is 0 Å². The van der Waals surface area contributed by atoms with E-state index in [1.165, 1.54) is 0 Å². The van der Waals surface area contributed by atoms with Gasteiger partial charge in [0.1, 0.15) is 6.29 Å². The Kier molecular flexibility index (Phi) is 26.0. The number of aliphatic carboxylic acids is 1. The molecule has 13 nitrogen and oxygen atoms in total. The van der Waals surface area contributed by atoms with Gasteiger partial charge in [-0.15, -0.1) is 0 Å². The molecule has 1 unspecified atom stereocenters. The minimum Gasteiger partial charge on any atom is -0.480 e. The van der Waals surface area contributed by atoms with Crippen molar-refractivity contribution in [2.45, 2.75) is 84.6 Å². The van der Waals surface area contributed by atoms with E-state index in [0.717, 1.165) is 51.4 Å². The molecule has 280 valence electrons. The molecule has 1 aliphatic rings. The average Bonchev–Trinajstić information content (AvgIpc) is 3.03. The summed E-state index contributed by atoms with van der Waals surface area (Å²) < 4.78 is 16.1. The van der Waals surface area contributed by atoms with Crippen LogP contribution in [0.1, 0.15) is 78.6 Å². The maximum Gasteiger partial charge on any atom is 0.317 e. The van der Waals surface area contributed by atoms with Crippen molar-refractivity contribution in [1.29, 1.82) is 0 Å². The third-order valence-corrected chi connectivity index (χ3v) is 9.00. The van der Waals surface area contributed by atoms with E-state index < -0.39 is 17.7 Å². The number of nitrogens with zero attached hydrogens (tertiary/aromatic N) is 3. The zero-order valence-corrected chi connectivity index (χ0v) is 30.4. The van der Waals surface area contributed by atoms with E-state index in [1.54, 1.807) is 0 Å². The Morgan fingerprint density at radius 1 is 0.857 bits per heavy atom. The predicted molar refractivity (Wildman–Crippen MR) is 189 cm³/mol. The van der Waals surface area contributed by atoms with Gasteiger partial charge in [0.25, 0.3) is 0 Å². The number of carboxylic acids is 1. The molecule has 1 aliphatic carbocycles. The van der Waals surface area contributed by atoms with Crippen LogP contribution in [0.25, 0.3) is 0 Å². The minimum absolute atomic E-state index is 0.0160. The van der Waals surface area contributed by atoms with Crippen molar-refractivity contribution in [2.24, 2.45) is 11.8 Å². The van der Waals surface area contributed by atoms with Crippen LogP contribution in [0.3, 0.4) is 0 Å². The van der Waals surface area contributed by atoms with Crippen molar-refractivity contribution in [1.82, 2.24) is 20.0 Å². The number of hydrogen-bond acceptors (Lipinski definition) is 11. The molecule has 14 heteroatoms. The van der Waals surface area contributed by atoms with Crippen LogP contribution in [0, 0.1) is 11.8 Å². The SMILES string of the molecule is [B]C(=O)CCOCCOCCOCCNC(=O)CCC(C(=O)C1CCC1)N(CCC)CCN(CCN(CC=O)CC[C@H](C)CC)CC(=O)O. The van der Waals surface area contributed by atoms with Gasteiger partial charge in [0.15, 0.2) is 13.6 Å². The Hall–Kier alpha value is -2.23. The quantitative estimate of drug-likeness (QED) is 0.0574. The normalized spacial score (nSPS) is 14.6. The van der Waals surface area contributed by atoms with Crippen molar-refractivity contribution in [2.75, 3.05) is 98.5 Å². The first kappa shape index (κ1) is 44.8. The molecule has 2 radical (unpaired) electrons. The third kappa shape index (κ3) is 22.3. The highest BCUT2D eigenvalue weighted by molar-refractivity contribution is 6.57. The largest absolute Gasteiger partial charge is 0.480 e. The molecule has 1 rings (SSSR count). The van der Waals surface area contributed by atoms with Crippen molar-refractivity contribution in [3.05, 3.63) is 0 Å². The van der Waals surface area contributed by atoms with Gasteiger partial charge < -0.3 is 34.2 Å². The van der Waals surface area contributed by atoms with E-state index in [0.29, 0.717) is 91.2 Å². The molecule has 0 bridgehead atoms. The Balaban J connectivity index is 2.61. The number of nitrogens with one attached hydrogen (secondary N) is 1. The van der Waals surface area contributed by atoms with Crippen LogP contribution in [-0.4, -0.2) is 162 Å². The molecule has 2 N–H and O–H groups in total. The third-order valence-electron chi connectivity index (χ3n) is 9.00. The topological polar surface area (TPSA) is 155 Å². The summed E-state index contributed by atoms with van der Waals surface area (Å²) in [5.74, 6) is -0.306. The van der Waals surface area contributed by atoms with Crippen molar-refractivity contribution >= 4 is 37.5 Å². The fourth-order valence-corrected chi connectivity index (χ4v) is 5.53. The molecule has 1 amide bonds. The van der Waals surface area contributed by atoms with Gasteiger partial charge in [-0.1, -0.05) is 33.6 Å². The number of rotatable bonds is 34. The minimum atomic E-state index is -0.915. The molecule has 0 saturated heterocycles.